The predicted octanol–water partition coefficient (Wildman–Crippen LogP) is 2.97. The summed E-state index contributed by atoms with van der Waals surface area (Å²) in [4.78, 5) is 11.2. The summed E-state index contributed by atoms with van der Waals surface area (Å²) in [6.07, 6.45) is -4.93. The van der Waals surface area contributed by atoms with Crippen molar-refractivity contribution in [3.05, 3.63) is 0 Å². The molecule has 0 aromatic carbocycles. The minimum absolute atomic E-state index is 0.0117. The summed E-state index contributed by atoms with van der Waals surface area (Å²) in [6.45, 7) is 6.19. The third kappa shape index (κ3) is 7.09. The van der Waals surface area contributed by atoms with E-state index >= 15 is 0 Å². The number of aliphatic carboxylic acids is 1. The third-order valence-electron chi connectivity index (χ3n) is 2.98. The zero-order valence-corrected chi connectivity index (χ0v) is 12.4. The molecule has 7 heteroatoms. The van der Waals surface area contributed by atoms with Crippen molar-refractivity contribution in [2.24, 2.45) is 0 Å². The van der Waals surface area contributed by atoms with Gasteiger partial charge in [0.2, 0.25) is 0 Å². The van der Waals surface area contributed by atoms with Crippen LogP contribution in [-0.2, 0) is 9.53 Å². The number of hydrogen-bond donors (Lipinski definition) is 2. The molecular formula is C13H24F3NO3. The van der Waals surface area contributed by atoms with Crippen LogP contribution in [0.3, 0.4) is 0 Å². The lowest BCUT2D eigenvalue weighted by molar-refractivity contribution is -0.214. The van der Waals surface area contributed by atoms with Crippen LogP contribution < -0.4 is 5.32 Å². The van der Waals surface area contributed by atoms with Gasteiger partial charge in [-0.25, -0.2) is 0 Å². The van der Waals surface area contributed by atoms with E-state index in [9.17, 15) is 23.1 Å². The zero-order chi connectivity index (χ0) is 16.0. The molecule has 0 bridgehead atoms. The largest absolute Gasteiger partial charge is 0.480 e. The van der Waals surface area contributed by atoms with Crippen molar-refractivity contribution < 1.29 is 27.8 Å². The van der Waals surface area contributed by atoms with E-state index in [1.807, 2.05) is 13.8 Å². The van der Waals surface area contributed by atoms with Crippen LogP contribution in [0.2, 0.25) is 0 Å². The number of unbranched alkanes of at least 4 members (excludes halogenated alkanes) is 1. The van der Waals surface area contributed by atoms with Crippen molar-refractivity contribution in [3.63, 3.8) is 0 Å². The fourth-order valence-electron chi connectivity index (χ4n) is 1.81. The van der Waals surface area contributed by atoms with Crippen LogP contribution in [0.15, 0.2) is 0 Å². The molecule has 2 unspecified atom stereocenters. The van der Waals surface area contributed by atoms with Crippen LogP contribution >= 0.6 is 0 Å². The molecule has 0 radical (unpaired) electrons. The molecule has 2 atom stereocenters. The molecule has 0 aromatic rings. The van der Waals surface area contributed by atoms with E-state index in [1.165, 1.54) is 0 Å². The molecule has 0 saturated carbocycles. The van der Waals surface area contributed by atoms with E-state index in [0.29, 0.717) is 19.3 Å². The smallest absolute Gasteiger partial charge is 0.414 e. The number of ether oxygens (including phenoxy) is 1. The van der Waals surface area contributed by atoms with Gasteiger partial charge in [-0.1, -0.05) is 0 Å². The first-order chi connectivity index (χ1) is 8.99. The fraction of sp³-hybridized carbons (Fsp3) is 0.923. The van der Waals surface area contributed by atoms with Gasteiger partial charge in [0.15, 0.2) is 6.10 Å². The van der Waals surface area contributed by atoms with Gasteiger partial charge in [0.05, 0.1) is 0 Å². The topological polar surface area (TPSA) is 58.6 Å². The Balaban J connectivity index is 4.06. The van der Waals surface area contributed by atoms with Crippen molar-refractivity contribution >= 4 is 5.97 Å². The number of rotatable bonds is 9. The zero-order valence-electron chi connectivity index (χ0n) is 12.4. The van der Waals surface area contributed by atoms with Gasteiger partial charge in [-0.3, -0.25) is 10.1 Å². The number of carboxylic acids is 1. The first kappa shape index (κ1) is 19.2. The number of nitrogens with one attached hydrogen (secondary N) is 1. The van der Waals surface area contributed by atoms with Crippen LogP contribution in [0, 0.1) is 0 Å². The quantitative estimate of drug-likeness (QED) is 0.643. The summed E-state index contributed by atoms with van der Waals surface area (Å²) in [5.74, 6) is -0.962. The molecule has 0 amide bonds. The Hall–Kier alpha value is -0.820. The molecule has 0 aliphatic heterocycles. The second-order valence-electron chi connectivity index (χ2n) is 5.45. The highest BCUT2D eigenvalue weighted by Gasteiger charge is 2.37. The SMILES string of the molecule is CC(C)NC(C)(CCCCOC(C)C(F)(F)F)C(=O)O. The second kappa shape index (κ2) is 7.83. The Morgan fingerprint density at radius 3 is 2.20 bits per heavy atom. The molecule has 0 spiro atoms. The molecule has 0 saturated heterocycles. The first-order valence-corrected chi connectivity index (χ1v) is 6.68. The van der Waals surface area contributed by atoms with Gasteiger partial charge >= 0.3 is 12.1 Å². The lowest BCUT2D eigenvalue weighted by Gasteiger charge is -2.28. The average molecular weight is 299 g/mol. The van der Waals surface area contributed by atoms with E-state index in [4.69, 9.17) is 0 Å². The van der Waals surface area contributed by atoms with Crippen LogP contribution in [0.4, 0.5) is 13.2 Å². The van der Waals surface area contributed by atoms with Gasteiger partial charge in [0.1, 0.15) is 5.54 Å². The minimum Gasteiger partial charge on any atom is -0.480 e. The molecule has 0 fully saturated rings. The Morgan fingerprint density at radius 1 is 1.25 bits per heavy atom. The normalized spacial score (nSPS) is 17.0. The van der Waals surface area contributed by atoms with Crippen molar-refractivity contribution in [1.29, 1.82) is 0 Å². The highest BCUT2D eigenvalue weighted by atomic mass is 19.4. The maximum atomic E-state index is 12.2. The standard InChI is InChI=1S/C13H24F3NO3/c1-9(2)17-12(4,11(18)19)7-5-6-8-20-10(3)13(14,15)16/h9-10,17H,5-8H2,1-4H3,(H,18,19). The summed E-state index contributed by atoms with van der Waals surface area (Å²) in [6, 6.07) is 0.0117. The number of carboxylic acid groups (broad SMARTS) is 1. The lowest BCUT2D eigenvalue weighted by Crippen LogP contribution is -2.52. The second-order valence-corrected chi connectivity index (χ2v) is 5.45. The predicted molar refractivity (Wildman–Crippen MR) is 69.6 cm³/mol. The highest BCUT2D eigenvalue weighted by Crippen LogP contribution is 2.23. The van der Waals surface area contributed by atoms with Gasteiger partial charge in [0.25, 0.3) is 0 Å². The molecule has 120 valence electrons. The molecule has 0 aliphatic carbocycles. The molecule has 2 N–H and O–H groups in total. The number of alkyl halides is 3. The Labute approximate surface area is 117 Å². The van der Waals surface area contributed by atoms with Crippen LogP contribution in [0.25, 0.3) is 0 Å². The fourth-order valence-corrected chi connectivity index (χ4v) is 1.81. The lowest BCUT2D eigenvalue weighted by atomic mass is 9.94. The molecule has 0 aliphatic rings. The summed E-state index contributed by atoms with van der Waals surface area (Å²) >= 11 is 0. The van der Waals surface area contributed by atoms with E-state index in [-0.39, 0.29) is 12.6 Å². The number of hydrogen-bond acceptors (Lipinski definition) is 3. The van der Waals surface area contributed by atoms with Gasteiger partial charge in [-0.05, 0) is 47.0 Å². The van der Waals surface area contributed by atoms with Crippen molar-refractivity contribution in [2.45, 2.75) is 70.8 Å². The molecule has 4 nitrogen and oxygen atoms in total. The Morgan fingerprint density at radius 2 is 1.80 bits per heavy atom. The molecule has 0 aromatic heterocycles. The highest BCUT2D eigenvalue weighted by molar-refractivity contribution is 5.78. The molecule has 0 heterocycles. The summed E-state index contributed by atoms with van der Waals surface area (Å²) in [5.41, 5.74) is -1.07. The molecular weight excluding hydrogens is 275 g/mol. The van der Waals surface area contributed by atoms with Gasteiger partial charge in [-0.15, -0.1) is 0 Å². The van der Waals surface area contributed by atoms with E-state index < -0.39 is 23.8 Å². The number of carbonyl (C=O) groups is 1. The Bertz CT molecular complexity index is 308. The van der Waals surface area contributed by atoms with E-state index in [0.717, 1.165) is 6.92 Å². The van der Waals surface area contributed by atoms with E-state index in [2.05, 4.69) is 10.1 Å². The van der Waals surface area contributed by atoms with Crippen molar-refractivity contribution in [1.82, 2.24) is 5.32 Å². The monoisotopic (exact) mass is 299 g/mol. The Kier molecular flexibility index (Phi) is 7.51. The van der Waals surface area contributed by atoms with Crippen LogP contribution in [0.1, 0.15) is 47.0 Å². The summed E-state index contributed by atoms with van der Waals surface area (Å²) in [7, 11) is 0. The van der Waals surface area contributed by atoms with Crippen LogP contribution in [-0.4, -0.2) is 41.5 Å². The summed E-state index contributed by atoms with van der Waals surface area (Å²) in [5, 5.41) is 12.1. The maximum absolute atomic E-state index is 12.2. The van der Waals surface area contributed by atoms with Gasteiger partial charge in [0, 0.05) is 12.6 Å². The van der Waals surface area contributed by atoms with Crippen molar-refractivity contribution in [3.8, 4) is 0 Å². The third-order valence-corrected chi connectivity index (χ3v) is 2.98. The van der Waals surface area contributed by atoms with Crippen LogP contribution in [0.5, 0.6) is 0 Å². The maximum Gasteiger partial charge on any atom is 0.414 e. The molecule has 20 heavy (non-hydrogen) atoms. The number of halogens is 3. The van der Waals surface area contributed by atoms with Crippen molar-refractivity contribution in [2.75, 3.05) is 6.61 Å². The average Bonchev–Trinajstić information content (AvgIpc) is 2.25. The molecule has 0 rings (SSSR count). The van der Waals surface area contributed by atoms with Gasteiger partial charge in [-0.2, -0.15) is 13.2 Å². The van der Waals surface area contributed by atoms with Gasteiger partial charge < -0.3 is 9.84 Å². The summed E-state index contributed by atoms with van der Waals surface area (Å²) < 4.78 is 41.2. The first-order valence-electron chi connectivity index (χ1n) is 6.68. The minimum atomic E-state index is -4.35. The van der Waals surface area contributed by atoms with E-state index in [1.54, 1.807) is 6.92 Å².